The number of carbonyl (C=O) groups excluding carboxylic acids is 2. The van der Waals surface area contributed by atoms with E-state index < -0.39 is 46.8 Å². The smallest absolute Gasteiger partial charge is 0.335 e. The van der Waals surface area contributed by atoms with Gasteiger partial charge in [0.15, 0.2) is 0 Å². The first-order valence-corrected chi connectivity index (χ1v) is 14.5. The molecule has 3 rings (SSSR count). The summed E-state index contributed by atoms with van der Waals surface area (Å²) < 4.78 is 13.4. The van der Waals surface area contributed by atoms with E-state index in [0.29, 0.717) is 30.0 Å². The standard InChI is InChI=1S/C33H40N4O8/c1-7-22(18-25(32(42)45-20(3)4)35-30(40)29-27(38)10-9-11-28(29)39)13-12-21(5)37-31(41)24-19-23(44-17-16-34-8-2)14-15-26(24)36(6)33(37)43/h7,9-15,19-20,25,34,38-39H,5,8,16-18H2,1-4,6H3,(H,35,40)/b13-12-,22-7+. The molecule has 0 aliphatic carbocycles. The number of carbonyl (C=O) groups is 2. The first-order chi connectivity index (χ1) is 21.4. The SMILES string of the molecule is C=C(/C=C\C(=C/C)CC(NC(=O)c1c(O)cccc1O)C(=O)OC(C)C)n1c(=O)c2cc(OCCNCC)ccc2n(C)c1=O. The number of nitrogens with one attached hydrogen (secondary N) is 2. The van der Waals surface area contributed by atoms with Gasteiger partial charge in [0, 0.05) is 25.7 Å². The quantitative estimate of drug-likeness (QED) is 0.121. The number of amides is 1. The van der Waals surface area contributed by atoms with Crippen molar-refractivity contribution in [1.29, 1.82) is 0 Å². The fraction of sp³-hybridized carbons (Fsp3) is 0.333. The molecule has 0 spiro atoms. The van der Waals surface area contributed by atoms with Gasteiger partial charge in [0.2, 0.25) is 0 Å². The van der Waals surface area contributed by atoms with Crippen molar-refractivity contribution in [2.45, 2.75) is 46.3 Å². The zero-order valence-corrected chi connectivity index (χ0v) is 26.1. The van der Waals surface area contributed by atoms with Gasteiger partial charge in [-0.3, -0.25) is 14.2 Å². The number of phenols is 2. The fourth-order valence-electron chi connectivity index (χ4n) is 4.49. The second kappa shape index (κ2) is 15.6. The van der Waals surface area contributed by atoms with Crippen LogP contribution < -0.4 is 26.6 Å². The molecule has 1 unspecified atom stereocenters. The van der Waals surface area contributed by atoms with E-state index in [9.17, 15) is 29.4 Å². The largest absolute Gasteiger partial charge is 0.507 e. The fourth-order valence-corrected chi connectivity index (χ4v) is 4.49. The van der Waals surface area contributed by atoms with E-state index in [-0.39, 0.29) is 23.1 Å². The maximum Gasteiger partial charge on any atom is 0.335 e. The number of hydrogen-bond acceptors (Lipinski definition) is 9. The van der Waals surface area contributed by atoms with Crippen molar-refractivity contribution in [2.75, 3.05) is 19.7 Å². The van der Waals surface area contributed by atoms with Crippen LogP contribution in [0.5, 0.6) is 17.2 Å². The van der Waals surface area contributed by atoms with Gasteiger partial charge in [-0.05, 0) is 69.3 Å². The third-order valence-electron chi connectivity index (χ3n) is 6.82. The number of fused-ring (bicyclic) bond motifs is 1. The number of aromatic nitrogens is 2. The molecule has 0 saturated carbocycles. The molecule has 1 heterocycles. The Morgan fingerprint density at radius 1 is 1.09 bits per heavy atom. The summed E-state index contributed by atoms with van der Waals surface area (Å²) in [5.74, 6) is -2.04. The maximum absolute atomic E-state index is 13.5. The lowest BCUT2D eigenvalue weighted by molar-refractivity contribution is -0.149. The molecule has 3 aromatic rings. The van der Waals surface area contributed by atoms with E-state index >= 15 is 0 Å². The van der Waals surface area contributed by atoms with Crippen LogP contribution in [0.2, 0.25) is 0 Å². The molecule has 0 bridgehead atoms. The van der Waals surface area contributed by atoms with Crippen LogP contribution in [0.3, 0.4) is 0 Å². The summed E-state index contributed by atoms with van der Waals surface area (Å²) in [6, 6.07) is 7.58. The molecular formula is C33H40N4O8. The Morgan fingerprint density at radius 3 is 2.40 bits per heavy atom. The van der Waals surface area contributed by atoms with Crippen LogP contribution in [0.1, 0.15) is 44.5 Å². The number of rotatable bonds is 14. The molecular weight excluding hydrogens is 580 g/mol. The van der Waals surface area contributed by atoms with Gasteiger partial charge in [-0.15, -0.1) is 0 Å². The molecule has 0 saturated heterocycles. The number of hydrogen-bond donors (Lipinski definition) is 4. The Kier molecular flexibility index (Phi) is 11.9. The van der Waals surface area contributed by atoms with Gasteiger partial charge in [-0.1, -0.05) is 31.7 Å². The van der Waals surface area contributed by atoms with E-state index in [1.54, 1.807) is 58.2 Å². The summed E-state index contributed by atoms with van der Waals surface area (Å²) in [5.41, 5.74) is -0.518. The van der Waals surface area contributed by atoms with Gasteiger partial charge in [0.25, 0.3) is 11.5 Å². The van der Waals surface area contributed by atoms with Crippen LogP contribution in [-0.4, -0.2) is 63.1 Å². The number of esters is 1. The summed E-state index contributed by atoms with van der Waals surface area (Å²) in [4.78, 5) is 52.6. The van der Waals surface area contributed by atoms with Crippen molar-refractivity contribution >= 4 is 28.5 Å². The van der Waals surface area contributed by atoms with Gasteiger partial charge in [0.1, 0.15) is 35.5 Å². The maximum atomic E-state index is 13.5. The molecule has 0 aliphatic heterocycles. The van der Waals surface area contributed by atoms with Crippen LogP contribution in [0, 0.1) is 0 Å². The summed E-state index contributed by atoms with van der Waals surface area (Å²) in [7, 11) is 1.55. The number of ether oxygens (including phenoxy) is 2. The molecule has 0 radical (unpaired) electrons. The molecule has 1 atom stereocenters. The minimum atomic E-state index is -1.20. The highest BCUT2D eigenvalue weighted by Gasteiger charge is 2.27. The van der Waals surface area contributed by atoms with Crippen molar-refractivity contribution in [2.24, 2.45) is 7.05 Å². The lowest BCUT2D eigenvalue weighted by Gasteiger charge is -2.20. The van der Waals surface area contributed by atoms with Gasteiger partial charge in [-0.2, -0.15) is 0 Å². The summed E-state index contributed by atoms with van der Waals surface area (Å²) in [6.45, 7) is 12.8. The van der Waals surface area contributed by atoms with Crippen LogP contribution in [0.15, 0.2) is 76.4 Å². The lowest BCUT2D eigenvalue weighted by atomic mass is 10.0. The molecule has 240 valence electrons. The number of nitrogens with zero attached hydrogens (tertiary/aromatic N) is 2. The molecule has 1 aromatic heterocycles. The van der Waals surface area contributed by atoms with E-state index in [4.69, 9.17) is 9.47 Å². The van der Waals surface area contributed by atoms with Crippen LogP contribution in [0.25, 0.3) is 16.6 Å². The number of likely N-dealkylation sites (N-methyl/N-ethyl adjacent to an activating group) is 1. The first kappa shape index (κ1) is 34.4. The number of allylic oxidation sites excluding steroid dienone is 4. The van der Waals surface area contributed by atoms with E-state index in [0.717, 1.165) is 11.1 Å². The van der Waals surface area contributed by atoms with Crippen LogP contribution in [0.4, 0.5) is 0 Å². The second-order valence-electron chi connectivity index (χ2n) is 10.4. The van der Waals surface area contributed by atoms with Crippen LogP contribution >= 0.6 is 0 Å². The summed E-state index contributed by atoms with van der Waals surface area (Å²) in [6.07, 6.45) is 4.18. The minimum Gasteiger partial charge on any atom is -0.507 e. The highest BCUT2D eigenvalue weighted by atomic mass is 16.5. The van der Waals surface area contributed by atoms with Gasteiger partial charge in [0.05, 0.1) is 17.0 Å². The Morgan fingerprint density at radius 2 is 1.78 bits per heavy atom. The minimum absolute atomic E-state index is 0.0514. The van der Waals surface area contributed by atoms with Crippen molar-refractivity contribution in [3.63, 3.8) is 0 Å². The topological polar surface area (TPSA) is 161 Å². The van der Waals surface area contributed by atoms with E-state index in [1.165, 1.54) is 28.8 Å². The van der Waals surface area contributed by atoms with Crippen molar-refractivity contribution in [3.05, 3.63) is 93.2 Å². The third-order valence-corrected chi connectivity index (χ3v) is 6.82. The summed E-state index contributed by atoms with van der Waals surface area (Å²) >= 11 is 0. The Bertz CT molecular complexity index is 1730. The molecule has 12 nitrogen and oxygen atoms in total. The normalized spacial score (nSPS) is 12.4. The average Bonchev–Trinajstić information content (AvgIpc) is 2.99. The van der Waals surface area contributed by atoms with Crippen molar-refractivity contribution in [3.8, 4) is 17.2 Å². The second-order valence-corrected chi connectivity index (χ2v) is 10.4. The zero-order valence-electron chi connectivity index (χ0n) is 26.1. The molecule has 1 amide bonds. The Balaban J connectivity index is 1.89. The molecule has 4 N–H and O–H groups in total. The Labute approximate surface area is 260 Å². The van der Waals surface area contributed by atoms with E-state index in [2.05, 4.69) is 17.2 Å². The lowest BCUT2D eigenvalue weighted by Crippen LogP contribution is -2.42. The number of aryl methyl sites for hydroxylation is 1. The molecule has 45 heavy (non-hydrogen) atoms. The zero-order chi connectivity index (χ0) is 33.3. The highest BCUT2D eigenvalue weighted by Crippen LogP contribution is 2.26. The van der Waals surface area contributed by atoms with Crippen LogP contribution in [-0.2, 0) is 16.6 Å². The predicted molar refractivity (Wildman–Crippen MR) is 173 cm³/mol. The van der Waals surface area contributed by atoms with Gasteiger partial charge in [-0.25, -0.2) is 14.2 Å². The number of aromatic hydroxyl groups is 2. The highest BCUT2D eigenvalue weighted by molar-refractivity contribution is 6.01. The molecule has 0 aliphatic rings. The van der Waals surface area contributed by atoms with Gasteiger partial charge >= 0.3 is 11.7 Å². The Hall–Kier alpha value is -5.10. The molecule has 12 heteroatoms. The monoisotopic (exact) mass is 620 g/mol. The third kappa shape index (κ3) is 8.51. The number of benzene rings is 2. The predicted octanol–water partition coefficient (Wildman–Crippen LogP) is 3.21. The first-order valence-electron chi connectivity index (χ1n) is 14.5. The van der Waals surface area contributed by atoms with E-state index in [1.807, 2.05) is 6.92 Å². The molecule has 2 aromatic carbocycles. The molecule has 0 fully saturated rings. The van der Waals surface area contributed by atoms with Gasteiger partial charge < -0.3 is 30.3 Å². The van der Waals surface area contributed by atoms with Crippen molar-refractivity contribution in [1.82, 2.24) is 19.8 Å². The summed E-state index contributed by atoms with van der Waals surface area (Å²) in [5, 5.41) is 26.2. The average molecular weight is 621 g/mol. The van der Waals surface area contributed by atoms with Crippen molar-refractivity contribution < 1.29 is 29.3 Å². The number of phenolic OH excluding ortho intramolecular Hbond substituents is 2.